The van der Waals surface area contributed by atoms with Crippen LogP contribution in [0, 0.1) is 0 Å². The number of amides is 1. The summed E-state index contributed by atoms with van der Waals surface area (Å²) < 4.78 is 22.8. The van der Waals surface area contributed by atoms with E-state index >= 15 is 0 Å². The molecule has 0 aliphatic carbocycles. The van der Waals surface area contributed by atoms with E-state index in [1.54, 1.807) is 6.07 Å². The molecule has 0 saturated carbocycles. The van der Waals surface area contributed by atoms with E-state index in [1.165, 1.54) is 11.3 Å². The Kier molecular flexibility index (Phi) is 5.28. The van der Waals surface area contributed by atoms with Crippen molar-refractivity contribution in [1.29, 1.82) is 0 Å². The molecule has 5 aromatic rings. The van der Waals surface area contributed by atoms with Gasteiger partial charge in [-0.2, -0.15) is 0 Å². The SMILES string of the molecule is CCOc1ccc2oc(-c3csc(NC(=O)c4cc5cccc(OCC)c5o4)n3)cc2c1. The molecular formula is C24H20N2O5S. The molecule has 0 fully saturated rings. The molecule has 2 aromatic carbocycles. The number of benzene rings is 2. The summed E-state index contributed by atoms with van der Waals surface area (Å²) in [5.74, 6) is 1.83. The standard InChI is InChI=1S/C24H20N2O5S/c1-3-28-16-8-9-18-15(10-16)12-20(30-18)17-13-32-24(25-17)26-23(27)21-11-14-6-5-7-19(29-4-2)22(14)31-21/h5-13H,3-4H2,1-2H3,(H,25,26,27). The van der Waals surface area contributed by atoms with E-state index in [0.29, 0.717) is 41.1 Å². The lowest BCUT2D eigenvalue weighted by molar-refractivity contribution is 0.0998. The molecule has 5 rings (SSSR count). The van der Waals surface area contributed by atoms with Crippen molar-refractivity contribution in [2.24, 2.45) is 0 Å². The first-order valence-electron chi connectivity index (χ1n) is 10.2. The number of furan rings is 2. The summed E-state index contributed by atoms with van der Waals surface area (Å²) in [7, 11) is 0. The lowest BCUT2D eigenvalue weighted by Crippen LogP contribution is -2.10. The van der Waals surface area contributed by atoms with Crippen molar-refractivity contribution in [3.63, 3.8) is 0 Å². The van der Waals surface area contributed by atoms with Gasteiger partial charge in [-0.15, -0.1) is 11.3 Å². The molecule has 0 aliphatic rings. The van der Waals surface area contributed by atoms with Crippen molar-refractivity contribution < 1.29 is 23.1 Å². The number of anilines is 1. The van der Waals surface area contributed by atoms with Gasteiger partial charge in [0.1, 0.15) is 17.0 Å². The molecule has 3 heterocycles. The van der Waals surface area contributed by atoms with E-state index < -0.39 is 0 Å². The smallest absolute Gasteiger partial charge is 0.293 e. The van der Waals surface area contributed by atoms with Crippen LogP contribution in [0.1, 0.15) is 24.4 Å². The average molecular weight is 449 g/mol. The summed E-state index contributed by atoms with van der Waals surface area (Å²) in [5.41, 5.74) is 1.94. The van der Waals surface area contributed by atoms with Crippen LogP contribution >= 0.6 is 11.3 Å². The number of para-hydroxylation sites is 1. The maximum Gasteiger partial charge on any atom is 0.293 e. The largest absolute Gasteiger partial charge is 0.494 e. The third-order valence-electron chi connectivity index (χ3n) is 4.81. The van der Waals surface area contributed by atoms with Gasteiger partial charge in [-0.05, 0) is 50.2 Å². The van der Waals surface area contributed by atoms with E-state index in [-0.39, 0.29) is 11.7 Å². The number of hydrogen-bond acceptors (Lipinski definition) is 7. The molecule has 0 radical (unpaired) electrons. The molecule has 0 aliphatic heterocycles. The number of rotatable bonds is 7. The highest BCUT2D eigenvalue weighted by molar-refractivity contribution is 7.14. The molecule has 0 atom stereocenters. The predicted molar refractivity (Wildman–Crippen MR) is 124 cm³/mol. The van der Waals surface area contributed by atoms with Gasteiger partial charge in [-0.25, -0.2) is 4.98 Å². The van der Waals surface area contributed by atoms with Crippen LogP contribution in [0.4, 0.5) is 5.13 Å². The first-order chi connectivity index (χ1) is 15.6. The quantitative estimate of drug-likeness (QED) is 0.312. The topological polar surface area (TPSA) is 86.7 Å². The zero-order valence-electron chi connectivity index (χ0n) is 17.5. The van der Waals surface area contributed by atoms with Crippen molar-refractivity contribution in [2.45, 2.75) is 13.8 Å². The van der Waals surface area contributed by atoms with E-state index in [4.69, 9.17) is 18.3 Å². The minimum absolute atomic E-state index is 0.191. The summed E-state index contributed by atoms with van der Waals surface area (Å²) >= 11 is 1.31. The Morgan fingerprint density at radius 2 is 1.91 bits per heavy atom. The maximum absolute atomic E-state index is 12.7. The lowest BCUT2D eigenvalue weighted by Gasteiger charge is -2.02. The van der Waals surface area contributed by atoms with Gasteiger partial charge in [0.15, 0.2) is 28.0 Å². The summed E-state index contributed by atoms with van der Waals surface area (Å²) in [6.07, 6.45) is 0. The normalized spacial score (nSPS) is 11.2. The molecule has 162 valence electrons. The predicted octanol–water partition coefficient (Wildman–Crippen LogP) is 6.35. The number of hydrogen-bond donors (Lipinski definition) is 1. The van der Waals surface area contributed by atoms with Crippen molar-refractivity contribution in [3.05, 3.63) is 59.7 Å². The summed E-state index contributed by atoms with van der Waals surface area (Å²) in [5, 5.41) is 6.81. The van der Waals surface area contributed by atoms with Crippen LogP contribution in [0.2, 0.25) is 0 Å². The second kappa shape index (κ2) is 8.39. The van der Waals surface area contributed by atoms with Crippen molar-refractivity contribution in [1.82, 2.24) is 4.98 Å². The number of carbonyl (C=O) groups is 1. The van der Waals surface area contributed by atoms with Gasteiger partial charge in [0.2, 0.25) is 0 Å². The fraction of sp³-hybridized carbons (Fsp3) is 0.167. The summed E-state index contributed by atoms with van der Waals surface area (Å²) in [4.78, 5) is 17.2. The number of nitrogens with zero attached hydrogens (tertiary/aromatic N) is 1. The molecule has 0 unspecified atom stereocenters. The Labute approximate surface area is 187 Å². The van der Waals surface area contributed by atoms with Crippen LogP contribution in [0.5, 0.6) is 11.5 Å². The van der Waals surface area contributed by atoms with Crippen molar-refractivity contribution >= 4 is 44.3 Å². The minimum atomic E-state index is -0.379. The van der Waals surface area contributed by atoms with Crippen LogP contribution in [0.15, 0.2) is 62.7 Å². The third kappa shape index (κ3) is 3.80. The van der Waals surface area contributed by atoms with Gasteiger partial charge in [-0.3, -0.25) is 10.1 Å². The second-order valence-electron chi connectivity index (χ2n) is 6.95. The fourth-order valence-electron chi connectivity index (χ4n) is 3.42. The van der Waals surface area contributed by atoms with Gasteiger partial charge in [0, 0.05) is 16.2 Å². The van der Waals surface area contributed by atoms with Crippen LogP contribution in [0.3, 0.4) is 0 Å². The Morgan fingerprint density at radius 3 is 2.75 bits per heavy atom. The van der Waals surface area contributed by atoms with Crippen molar-refractivity contribution in [3.8, 4) is 23.0 Å². The van der Waals surface area contributed by atoms with E-state index in [1.807, 2.05) is 61.7 Å². The number of nitrogens with one attached hydrogen (secondary N) is 1. The highest BCUT2D eigenvalue weighted by Crippen LogP contribution is 2.33. The monoisotopic (exact) mass is 448 g/mol. The Hall–Kier alpha value is -3.78. The van der Waals surface area contributed by atoms with Crippen LogP contribution in [0.25, 0.3) is 33.4 Å². The summed E-state index contributed by atoms with van der Waals surface area (Å²) in [6, 6.07) is 14.8. The zero-order chi connectivity index (χ0) is 22.1. The molecule has 7 nitrogen and oxygen atoms in total. The lowest BCUT2D eigenvalue weighted by atomic mass is 10.2. The number of carbonyl (C=O) groups excluding carboxylic acids is 1. The highest BCUT2D eigenvalue weighted by atomic mass is 32.1. The minimum Gasteiger partial charge on any atom is -0.494 e. The first kappa shape index (κ1) is 20.1. The molecule has 32 heavy (non-hydrogen) atoms. The molecule has 0 bridgehead atoms. The maximum atomic E-state index is 12.7. The van der Waals surface area contributed by atoms with Gasteiger partial charge in [-0.1, -0.05) is 12.1 Å². The Morgan fingerprint density at radius 1 is 1.03 bits per heavy atom. The third-order valence-corrected chi connectivity index (χ3v) is 5.57. The number of fused-ring (bicyclic) bond motifs is 2. The van der Waals surface area contributed by atoms with Gasteiger partial charge < -0.3 is 18.3 Å². The van der Waals surface area contributed by atoms with Crippen LogP contribution in [-0.2, 0) is 0 Å². The number of ether oxygens (including phenoxy) is 2. The van der Waals surface area contributed by atoms with E-state index in [0.717, 1.165) is 22.1 Å². The molecule has 0 spiro atoms. The van der Waals surface area contributed by atoms with Gasteiger partial charge in [0.25, 0.3) is 5.91 Å². The highest BCUT2D eigenvalue weighted by Gasteiger charge is 2.17. The molecule has 8 heteroatoms. The molecular weight excluding hydrogens is 428 g/mol. The van der Waals surface area contributed by atoms with Crippen LogP contribution < -0.4 is 14.8 Å². The molecule has 3 aromatic heterocycles. The van der Waals surface area contributed by atoms with Gasteiger partial charge >= 0.3 is 0 Å². The van der Waals surface area contributed by atoms with Crippen LogP contribution in [-0.4, -0.2) is 24.1 Å². The Balaban J connectivity index is 1.36. The molecule has 0 saturated heterocycles. The molecule has 1 amide bonds. The van der Waals surface area contributed by atoms with Gasteiger partial charge in [0.05, 0.1) is 13.2 Å². The van der Waals surface area contributed by atoms with Crippen molar-refractivity contribution in [2.75, 3.05) is 18.5 Å². The first-order valence-corrected chi connectivity index (χ1v) is 11.1. The molecule has 1 N–H and O–H groups in total. The Bertz CT molecular complexity index is 1410. The fourth-order valence-corrected chi connectivity index (χ4v) is 4.12. The van der Waals surface area contributed by atoms with E-state index in [9.17, 15) is 4.79 Å². The summed E-state index contributed by atoms with van der Waals surface area (Å²) in [6.45, 7) is 4.95. The number of aromatic nitrogens is 1. The second-order valence-corrected chi connectivity index (χ2v) is 7.81. The number of thiazole rings is 1. The zero-order valence-corrected chi connectivity index (χ0v) is 18.3. The van der Waals surface area contributed by atoms with E-state index in [2.05, 4.69) is 10.3 Å². The average Bonchev–Trinajstić information content (AvgIpc) is 3.52.